The fraction of sp³-hybridized carbons (Fsp3) is 0.0556. The summed E-state index contributed by atoms with van der Waals surface area (Å²) in [6, 6.07) is 11.4. The van der Waals surface area contributed by atoms with Crippen LogP contribution in [0.2, 0.25) is 0 Å². The normalized spacial score (nSPS) is 11.5. The lowest BCUT2D eigenvalue weighted by molar-refractivity contribution is 0.102. The fourth-order valence-electron chi connectivity index (χ4n) is 2.61. The Morgan fingerprint density at radius 3 is 2.46 bits per heavy atom. The predicted molar refractivity (Wildman–Crippen MR) is 99.0 cm³/mol. The average molecular weight is 372 g/mol. The molecule has 0 aromatic heterocycles. The number of nitrogens with one attached hydrogen (secondary N) is 1. The summed E-state index contributed by atoms with van der Waals surface area (Å²) in [6.45, 7) is 1.78. The summed E-state index contributed by atoms with van der Waals surface area (Å²) in [6.07, 6.45) is 0. The number of phenols is 1. The molecule has 0 spiro atoms. The van der Waals surface area contributed by atoms with Gasteiger partial charge in [-0.15, -0.1) is 0 Å². The third kappa shape index (κ3) is 3.46. The number of anilines is 2. The molecule has 5 N–H and O–H groups in total. The zero-order chi connectivity index (χ0) is 19.1. The van der Waals surface area contributed by atoms with Crippen LogP contribution in [0, 0.1) is 6.92 Å². The van der Waals surface area contributed by atoms with Crippen molar-refractivity contribution in [2.75, 3.05) is 11.1 Å². The van der Waals surface area contributed by atoms with E-state index in [9.17, 15) is 18.3 Å². The number of amides is 1. The van der Waals surface area contributed by atoms with Gasteiger partial charge in [-0.25, -0.2) is 0 Å². The summed E-state index contributed by atoms with van der Waals surface area (Å²) >= 11 is 0. The molecule has 0 saturated carbocycles. The number of nitrogens with two attached hydrogens (primary N) is 1. The van der Waals surface area contributed by atoms with Gasteiger partial charge in [-0.3, -0.25) is 9.35 Å². The highest BCUT2D eigenvalue weighted by Crippen LogP contribution is 2.31. The molecule has 0 aliphatic rings. The number of fused-ring (bicyclic) bond motifs is 1. The first-order valence-electron chi connectivity index (χ1n) is 7.57. The summed E-state index contributed by atoms with van der Waals surface area (Å²) < 4.78 is 31.7. The van der Waals surface area contributed by atoms with Crippen LogP contribution in [-0.2, 0) is 10.1 Å². The molecule has 3 rings (SSSR count). The van der Waals surface area contributed by atoms with Crippen LogP contribution in [-0.4, -0.2) is 24.0 Å². The molecule has 26 heavy (non-hydrogen) atoms. The minimum atomic E-state index is -4.38. The number of hydrogen-bond donors (Lipinski definition) is 4. The number of hydrogen-bond acceptors (Lipinski definition) is 5. The highest BCUT2D eigenvalue weighted by molar-refractivity contribution is 7.85. The molecule has 8 heteroatoms. The molecule has 7 nitrogen and oxygen atoms in total. The lowest BCUT2D eigenvalue weighted by Gasteiger charge is -2.11. The Labute approximate surface area is 149 Å². The van der Waals surface area contributed by atoms with Crippen LogP contribution in [0.5, 0.6) is 5.75 Å². The van der Waals surface area contributed by atoms with E-state index >= 15 is 0 Å². The van der Waals surface area contributed by atoms with Crippen molar-refractivity contribution in [1.82, 2.24) is 0 Å². The number of phenolic OH excluding ortho intramolecular Hbond substituents is 1. The third-order valence-electron chi connectivity index (χ3n) is 3.99. The van der Waals surface area contributed by atoms with Crippen LogP contribution in [0.1, 0.15) is 15.9 Å². The average Bonchev–Trinajstić information content (AvgIpc) is 2.55. The third-order valence-corrected chi connectivity index (χ3v) is 4.84. The van der Waals surface area contributed by atoms with E-state index in [1.54, 1.807) is 25.1 Å². The van der Waals surface area contributed by atoms with E-state index in [-0.39, 0.29) is 10.6 Å². The van der Waals surface area contributed by atoms with Crippen molar-refractivity contribution in [2.24, 2.45) is 0 Å². The largest absolute Gasteiger partial charge is 0.508 e. The van der Waals surface area contributed by atoms with Gasteiger partial charge < -0.3 is 16.2 Å². The van der Waals surface area contributed by atoms with Gasteiger partial charge in [-0.1, -0.05) is 6.07 Å². The van der Waals surface area contributed by atoms with E-state index < -0.39 is 16.0 Å². The van der Waals surface area contributed by atoms with Gasteiger partial charge in [0.15, 0.2) is 0 Å². The second-order valence-corrected chi connectivity index (χ2v) is 7.30. The summed E-state index contributed by atoms with van der Waals surface area (Å²) in [4.78, 5) is 12.2. The maximum atomic E-state index is 12.5. The first-order valence-corrected chi connectivity index (χ1v) is 9.01. The molecule has 0 atom stereocenters. The molecule has 3 aromatic rings. The Bertz CT molecular complexity index is 1140. The zero-order valence-electron chi connectivity index (χ0n) is 13.7. The first kappa shape index (κ1) is 17.7. The van der Waals surface area contributed by atoms with Crippen molar-refractivity contribution in [3.8, 4) is 5.75 Å². The topological polar surface area (TPSA) is 130 Å². The Morgan fingerprint density at radius 2 is 1.81 bits per heavy atom. The maximum absolute atomic E-state index is 12.5. The Balaban J connectivity index is 2.04. The summed E-state index contributed by atoms with van der Waals surface area (Å²) in [5.41, 5.74) is 7.78. The van der Waals surface area contributed by atoms with Crippen LogP contribution >= 0.6 is 0 Å². The number of nitrogen functional groups attached to an aromatic ring is 1. The van der Waals surface area contributed by atoms with Crippen molar-refractivity contribution < 1.29 is 22.9 Å². The predicted octanol–water partition coefficient (Wildman–Crippen LogP) is 2.94. The van der Waals surface area contributed by atoms with Crippen LogP contribution in [0.25, 0.3) is 10.8 Å². The van der Waals surface area contributed by atoms with Gasteiger partial charge in [0.05, 0.1) is 10.6 Å². The second-order valence-electron chi connectivity index (χ2n) is 5.88. The molecule has 0 heterocycles. The number of benzene rings is 3. The molecule has 0 aliphatic heterocycles. The van der Waals surface area contributed by atoms with Gasteiger partial charge in [-0.05, 0) is 54.3 Å². The molecule has 0 fully saturated rings. The fourth-order valence-corrected chi connectivity index (χ4v) is 3.12. The summed E-state index contributed by atoms with van der Waals surface area (Å²) in [5.74, 6) is -0.562. The molecule has 0 radical (unpaired) electrons. The Morgan fingerprint density at radius 1 is 1.08 bits per heavy atom. The lowest BCUT2D eigenvalue weighted by Crippen LogP contribution is -2.12. The standard InChI is InChI=1S/C18H16N2O5S/c1-10-6-11(2-5-16(10)19)18(22)20-17-9-13(21)7-12-8-14(26(23,24)25)3-4-15(12)17/h2-9,21H,19H2,1H3,(H,20,22)(H,23,24,25). The van der Waals surface area contributed by atoms with E-state index in [0.29, 0.717) is 27.7 Å². The molecular weight excluding hydrogens is 356 g/mol. The van der Waals surface area contributed by atoms with E-state index in [1.807, 2.05) is 0 Å². The SMILES string of the molecule is Cc1cc(C(=O)Nc2cc(O)cc3cc(S(=O)(=O)O)ccc23)ccc1N. The Kier molecular flexibility index (Phi) is 4.31. The molecule has 0 saturated heterocycles. The van der Waals surface area contributed by atoms with Gasteiger partial charge in [0.1, 0.15) is 5.75 Å². The molecule has 0 aliphatic carbocycles. The molecule has 3 aromatic carbocycles. The molecule has 1 amide bonds. The molecule has 0 bridgehead atoms. The minimum Gasteiger partial charge on any atom is -0.508 e. The molecule has 134 valence electrons. The van der Waals surface area contributed by atoms with Crippen molar-refractivity contribution in [3.05, 3.63) is 59.7 Å². The van der Waals surface area contributed by atoms with E-state index in [4.69, 9.17) is 10.3 Å². The van der Waals surface area contributed by atoms with Gasteiger partial charge in [0.2, 0.25) is 0 Å². The van der Waals surface area contributed by atoms with Crippen molar-refractivity contribution in [3.63, 3.8) is 0 Å². The smallest absolute Gasteiger partial charge is 0.294 e. The highest BCUT2D eigenvalue weighted by atomic mass is 32.2. The van der Waals surface area contributed by atoms with Crippen LogP contribution in [0.15, 0.2) is 53.4 Å². The van der Waals surface area contributed by atoms with Gasteiger partial charge >= 0.3 is 0 Å². The van der Waals surface area contributed by atoms with Gasteiger partial charge in [0.25, 0.3) is 16.0 Å². The van der Waals surface area contributed by atoms with Crippen molar-refractivity contribution in [2.45, 2.75) is 11.8 Å². The lowest BCUT2D eigenvalue weighted by atomic mass is 10.1. The van der Waals surface area contributed by atoms with Crippen molar-refractivity contribution in [1.29, 1.82) is 0 Å². The van der Waals surface area contributed by atoms with Crippen molar-refractivity contribution >= 4 is 38.2 Å². The molecule has 0 unspecified atom stereocenters. The number of aromatic hydroxyl groups is 1. The highest BCUT2D eigenvalue weighted by Gasteiger charge is 2.14. The summed E-state index contributed by atoms with van der Waals surface area (Å²) in [5, 5.41) is 13.4. The maximum Gasteiger partial charge on any atom is 0.294 e. The Hall–Kier alpha value is -3.10. The van der Waals surface area contributed by atoms with E-state index in [0.717, 1.165) is 5.56 Å². The summed E-state index contributed by atoms with van der Waals surface area (Å²) in [7, 11) is -4.38. The minimum absolute atomic E-state index is 0.159. The van der Waals surface area contributed by atoms with Crippen LogP contribution < -0.4 is 11.1 Å². The molecular formula is C18H16N2O5S. The number of carbonyl (C=O) groups excluding carboxylic acids is 1. The van der Waals surface area contributed by atoms with Gasteiger partial charge in [-0.2, -0.15) is 8.42 Å². The number of aryl methyl sites for hydroxylation is 1. The second kappa shape index (κ2) is 6.32. The quantitative estimate of drug-likeness (QED) is 0.413. The van der Waals surface area contributed by atoms with Crippen LogP contribution in [0.3, 0.4) is 0 Å². The van der Waals surface area contributed by atoms with E-state index in [2.05, 4.69) is 5.32 Å². The van der Waals surface area contributed by atoms with Crippen LogP contribution in [0.4, 0.5) is 11.4 Å². The number of carbonyl (C=O) groups is 1. The van der Waals surface area contributed by atoms with Gasteiger partial charge in [0, 0.05) is 22.7 Å². The number of rotatable bonds is 3. The first-order chi connectivity index (χ1) is 12.1. The zero-order valence-corrected chi connectivity index (χ0v) is 14.5. The van der Waals surface area contributed by atoms with E-state index in [1.165, 1.54) is 30.3 Å². The monoisotopic (exact) mass is 372 g/mol.